The number of benzene rings is 2. The quantitative estimate of drug-likeness (QED) is 0.457. The number of carbonyl (C=O) groups excluding carboxylic acids is 2. The third-order valence-electron chi connectivity index (χ3n) is 5.00. The molecule has 5 nitrogen and oxygen atoms in total. The van der Waals surface area contributed by atoms with E-state index in [1.807, 2.05) is 17.5 Å². The van der Waals surface area contributed by atoms with E-state index < -0.39 is 0 Å². The van der Waals surface area contributed by atoms with E-state index >= 15 is 0 Å². The zero-order valence-electron chi connectivity index (χ0n) is 18.2. The first-order chi connectivity index (χ1) is 14.9. The Morgan fingerprint density at radius 3 is 2.29 bits per heavy atom. The van der Waals surface area contributed by atoms with Crippen LogP contribution >= 0.6 is 11.3 Å². The molecule has 0 spiro atoms. The number of methoxy groups -OCH3 is 1. The molecule has 1 heterocycles. The summed E-state index contributed by atoms with van der Waals surface area (Å²) in [6.07, 6.45) is 0. The van der Waals surface area contributed by atoms with Gasteiger partial charge in [0.1, 0.15) is 0 Å². The Morgan fingerprint density at radius 2 is 1.71 bits per heavy atom. The zero-order chi connectivity index (χ0) is 22.4. The second-order valence-corrected chi connectivity index (χ2v) is 8.53. The number of Topliss-reactive ketones (excluding diaryl/α,β-unsaturated/α-hetero) is 1. The van der Waals surface area contributed by atoms with E-state index in [2.05, 4.69) is 43.4 Å². The third-order valence-corrected chi connectivity index (χ3v) is 5.94. The van der Waals surface area contributed by atoms with Gasteiger partial charge in [-0.25, -0.2) is 0 Å². The maximum Gasteiger partial charge on any atom is 0.258 e. The molecule has 0 fully saturated rings. The molecule has 0 aliphatic carbocycles. The molecular weight excluding hydrogens is 410 g/mol. The van der Waals surface area contributed by atoms with Gasteiger partial charge in [-0.1, -0.05) is 44.2 Å². The largest absolute Gasteiger partial charge is 0.493 e. The molecule has 1 unspecified atom stereocenters. The fourth-order valence-corrected chi connectivity index (χ4v) is 4.00. The summed E-state index contributed by atoms with van der Waals surface area (Å²) >= 11 is 1.60. The molecule has 0 aliphatic heterocycles. The predicted molar refractivity (Wildman–Crippen MR) is 123 cm³/mol. The molecule has 1 aromatic heterocycles. The Labute approximate surface area is 187 Å². The molecule has 3 rings (SSSR count). The minimum absolute atomic E-state index is 0.0649. The molecule has 6 heteroatoms. The second-order valence-electron chi connectivity index (χ2n) is 7.55. The van der Waals surface area contributed by atoms with Crippen LogP contribution in [-0.4, -0.2) is 25.4 Å². The van der Waals surface area contributed by atoms with Crippen molar-refractivity contribution in [3.63, 3.8) is 0 Å². The number of thiophene rings is 1. The van der Waals surface area contributed by atoms with Crippen LogP contribution in [0, 0.1) is 0 Å². The maximum atomic E-state index is 12.7. The SMILES string of the molecule is COc1cc(C(C)=O)ccc1OCC(=O)NC(c1ccc(C(C)C)cc1)c1cccs1. The smallest absolute Gasteiger partial charge is 0.258 e. The Balaban J connectivity index is 1.72. The molecule has 162 valence electrons. The highest BCUT2D eigenvalue weighted by Gasteiger charge is 2.19. The lowest BCUT2D eigenvalue weighted by Gasteiger charge is -2.19. The Kier molecular flexibility index (Phi) is 7.47. The summed E-state index contributed by atoms with van der Waals surface area (Å²) in [5.41, 5.74) is 2.80. The molecule has 0 bridgehead atoms. The van der Waals surface area contributed by atoms with Crippen LogP contribution < -0.4 is 14.8 Å². The third kappa shape index (κ3) is 5.73. The number of amides is 1. The van der Waals surface area contributed by atoms with Crippen molar-refractivity contribution >= 4 is 23.0 Å². The van der Waals surface area contributed by atoms with Gasteiger partial charge in [0.2, 0.25) is 0 Å². The molecule has 31 heavy (non-hydrogen) atoms. The van der Waals surface area contributed by atoms with E-state index in [0.29, 0.717) is 23.0 Å². The van der Waals surface area contributed by atoms with E-state index in [9.17, 15) is 9.59 Å². The summed E-state index contributed by atoms with van der Waals surface area (Å²) in [6, 6.07) is 17.0. The van der Waals surface area contributed by atoms with Crippen LogP contribution in [0.15, 0.2) is 60.0 Å². The minimum atomic E-state index is -0.251. The molecule has 1 amide bonds. The fourth-order valence-electron chi connectivity index (χ4n) is 3.20. The molecule has 0 saturated heterocycles. The van der Waals surface area contributed by atoms with Crippen molar-refractivity contribution < 1.29 is 19.1 Å². The van der Waals surface area contributed by atoms with Gasteiger partial charge in [-0.2, -0.15) is 0 Å². The predicted octanol–water partition coefficient (Wildman–Crippen LogP) is 5.37. The summed E-state index contributed by atoms with van der Waals surface area (Å²) < 4.78 is 11.0. The molecule has 1 atom stereocenters. The highest BCUT2D eigenvalue weighted by molar-refractivity contribution is 7.10. The highest BCUT2D eigenvalue weighted by Crippen LogP contribution is 2.29. The highest BCUT2D eigenvalue weighted by atomic mass is 32.1. The van der Waals surface area contributed by atoms with Gasteiger partial charge in [0.15, 0.2) is 23.9 Å². The number of rotatable bonds is 9. The van der Waals surface area contributed by atoms with Gasteiger partial charge in [-0.05, 0) is 53.6 Å². The van der Waals surface area contributed by atoms with Crippen LogP contribution in [0.5, 0.6) is 11.5 Å². The van der Waals surface area contributed by atoms with Crippen LogP contribution in [0.4, 0.5) is 0 Å². The lowest BCUT2D eigenvalue weighted by atomic mass is 9.98. The van der Waals surface area contributed by atoms with Gasteiger partial charge in [0.05, 0.1) is 13.2 Å². The number of nitrogens with one attached hydrogen (secondary N) is 1. The number of hydrogen-bond donors (Lipinski definition) is 1. The van der Waals surface area contributed by atoms with Crippen molar-refractivity contribution in [1.29, 1.82) is 0 Å². The molecule has 3 aromatic rings. The maximum absolute atomic E-state index is 12.7. The monoisotopic (exact) mass is 437 g/mol. The molecule has 0 saturated carbocycles. The number of ether oxygens (including phenoxy) is 2. The minimum Gasteiger partial charge on any atom is -0.493 e. The van der Waals surface area contributed by atoms with Crippen LogP contribution in [0.2, 0.25) is 0 Å². The summed E-state index contributed by atoms with van der Waals surface area (Å²) in [5.74, 6) is 0.965. The van der Waals surface area contributed by atoms with Crippen molar-refractivity contribution in [3.8, 4) is 11.5 Å². The normalized spacial score (nSPS) is 11.8. The Bertz CT molecular complexity index is 1030. The summed E-state index contributed by atoms with van der Waals surface area (Å²) in [4.78, 5) is 25.3. The lowest BCUT2D eigenvalue weighted by Crippen LogP contribution is -2.33. The average Bonchev–Trinajstić information content (AvgIpc) is 3.30. The fraction of sp³-hybridized carbons (Fsp3) is 0.280. The van der Waals surface area contributed by atoms with Crippen LogP contribution in [-0.2, 0) is 4.79 Å². The van der Waals surface area contributed by atoms with Crippen LogP contribution in [0.1, 0.15) is 59.1 Å². The first kappa shape index (κ1) is 22.6. The van der Waals surface area contributed by atoms with Crippen molar-refractivity contribution in [3.05, 3.63) is 81.5 Å². The topological polar surface area (TPSA) is 64.6 Å². The van der Waals surface area contributed by atoms with Gasteiger partial charge in [0, 0.05) is 10.4 Å². The average molecular weight is 438 g/mol. The molecule has 0 radical (unpaired) electrons. The Morgan fingerprint density at radius 1 is 1.00 bits per heavy atom. The number of carbonyl (C=O) groups is 2. The van der Waals surface area contributed by atoms with E-state index in [4.69, 9.17) is 9.47 Å². The van der Waals surface area contributed by atoms with E-state index in [-0.39, 0.29) is 24.3 Å². The van der Waals surface area contributed by atoms with E-state index in [1.165, 1.54) is 19.6 Å². The van der Waals surface area contributed by atoms with Gasteiger partial charge >= 0.3 is 0 Å². The standard InChI is InChI=1S/C25H27NO4S/c1-16(2)18-7-9-19(10-8-18)25(23-6-5-13-31-23)26-24(28)15-30-21-12-11-20(17(3)27)14-22(21)29-4/h5-14,16,25H,15H2,1-4H3,(H,26,28). The lowest BCUT2D eigenvalue weighted by molar-refractivity contribution is -0.123. The molecule has 2 aromatic carbocycles. The van der Waals surface area contributed by atoms with Crippen LogP contribution in [0.3, 0.4) is 0 Å². The van der Waals surface area contributed by atoms with Gasteiger partial charge in [-0.15, -0.1) is 11.3 Å². The molecule has 1 N–H and O–H groups in total. The molecule has 0 aliphatic rings. The summed E-state index contributed by atoms with van der Waals surface area (Å²) in [5, 5.41) is 5.07. The van der Waals surface area contributed by atoms with Crippen molar-refractivity contribution in [2.75, 3.05) is 13.7 Å². The Hall–Kier alpha value is -3.12. The van der Waals surface area contributed by atoms with E-state index in [0.717, 1.165) is 10.4 Å². The van der Waals surface area contributed by atoms with Crippen molar-refractivity contribution in [2.45, 2.75) is 32.7 Å². The van der Waals surface area contributed by atoms with Crippen molar-refractivity contribution in [1.82, 2.24) is 5.32 Å². The summed E-state index contributed by atoms with van der Waals surface area (Å²) in [7, 11) is 1.50. The van der Waals surface area contributed by atoms with Crippen molar-refractivity contribution in [2.24, 2.45) is 0 Å². The van der Waals surface area contributed by atoms with Gasteiger partial charge < -0.3 is 14.8 Å². The summed E-state index contributed by atoms with van der Waals surface area (Å²) in [6.45, 7) is 5.63. The first-order valence-corrected chi connectivity index (χ1v) is 11.0. The number of ketones is 1. The zero-order valence-corrected chi connectivity index (χ0v) is 19.0. The second kappa shape index (κ2) is 10.3. The molecular formula is C25H27NO4S. The number of hydrogen-bond acceptors (Lipinski definition) is 5. The van der Waals surface area contributed by atoms with E-state index in [1.54, 1.807) is 29.5 Å². The van der Waals surface area contributed by atoms with Crippen LogP contribution in [0.25, 0.3) is 0 Å². The first-order valence-electron chi connectivity index (χ1n) is 10.1. The van der Waals surface area contributed by atoms with Gasteiger partial charge in [-0.3, -0.25) is 9.59 Å². The van der Waals surface area contributed by atoms with Gasteiger partial charge in [0.25, 0.3) is 5.91 Å².